The molecule has 1 aromatic rings. The van der Waals surface area contributed by atoms with Crippen molar-refractivity contribution in [1.29, 1.82) is 0 Å². The van der Waals surface area contributed by atoms with E-state index in [-0.39, 0.29) is 0 Å². The Labute approximate surface area is 86.3 Å². The molecule has 0 spiro atoms. The fraction of sp³-hybridized carbons (Fsp3) is 0.222. The molecular formula is C9H9NO3S. The molecule has 0 aliphatic carbocycles. The average molecular weight is 211 g/mol. The molecule has 1 aliphatic rings. The molecule has 1 fully saturated rings. The Morgan fingerprint density at radius 1 is 1.50 bits per heavy atom. The van der Waals surface area contributed by atoms with E-state index in [4.69, 9.17) is 4.74 Å². The molecule has 0 saturated carbocycles. The topological polar surface area (TPSA) is 53.5 Å². The lowest BCUT2D eigenvalue weighted by atomic mass is 10.1. The number of ether oxygens (including phenoxy) is 1. The van der Waals surface area contributed by atoms with E-state index in [9.17, 15) is 5.11 Å². The summed E-state index contributed by atoms with van der Waals surface area (Å²) in [5.74, 6) is 0.772. The van der Waals surface area contributed by atoms with Gasteiger partial charge in [-0.25, -0.2) is 0 Å². The maximum Gasteiger partial charge on any atom is 0.146 e. The van der Waals surface area contributed by atoms with Crippen molar-refractivity contribution < 1.29 is 14.7 Å². The quantitative estimate of drug-likeness (QED) is 0.568. The Morgan fingerprint density at radius 3 is 2.71 bits per heavy atom. The molecule has 0 aromatic heterocycles. The van der Waals surface area contributed by atoms with Crippen LogP contribution in [0.2, 0.25) is 0 Å². The first kappa shape index (κ1) is 9.67. The van der Waals surface area contributed by atoms with E-state index in [0.717, 1.165) is 11.3 Å². The van der Waals surface area contributed by atoms with Crippen LogP contribution >= 0.6 is 11.9 Å². The summed E-state index contributed by atoms with van der Waals surface area (Å²) in [6, 6.07) is 7.30. The Morgan fingerprint density at radius 2 is 2.21 bits per heavy atom. The molecular weight excluding hydrogens is 202 g/mol. The highest BCUT2D eigenvalue weighted by molar-refractivity contribution is 8.00. The summed E-state index contributed by atoms with van der Waals surface area (Å²) in [6.45, 7) is 0. The van der Waals surface area contributed by atoms with Gasteiger partial charge in [-0.15, -0.1) is 4.89 Å². The highest BCUT2D eigenvalue weighted by atomic mass is 32.2. The summed E-state index contributed by atoms with van der Waals surface area (Å²) in [4.78, 5) is 7.15. The minimum atomic E-state index is -1.13. The highest BCUT2D eigenvalue weighted by Crippen LogP contribution is 2.33. The summed E-state index contributed by atoms with van der Waals surface area (Å²) in [6.07, 6.45) is -1.13. The van der Waals surface area contributed by atoms with Gasteiger partial charge in [-0.2, -0.15) is 0 Å². The van der Waals surface area contributed by atoms with Gasteiger partial charge in [0, 0.05) is 24.1 Å². The van der Waals surface area contributed by atoms with Crippen molar-refractivity contribution in [3.63, 3.8) is 0 Å². The van der Waals surface area contributed by atoms with Crippen molar-refractivity contribution in [2.24, 2.45) is 0 Å². The van der Waals surface area contributed by atoms with Gasteiger partial charge in [0.2, 0.25) is 0 Å². The van der Waals surface area contributed by atoms with E-state index in [1.165, 1.54) is 11.9 Å². The Bertz CT molecular complexity index is 303. The number of nitrogens with one attached hydrogen (secondary N) is 1. The Hall–Kier alpha value is -0.880. The second-order valence-electron chi connectivity index (χ2n) is 2.73. The van der Waals surface area contributed by atoms with Crippen LogP contribution < -0.4 is 14.7 Å². The molecule has 1 heterocycles. The Balaban J connectivity index is 2.16. The van der Waals surface area contributed by atoms with E-state index in [2.05, 4.69) is 9.72 Å². The van der Waals surface area contributed by atoms with Crippen LogP contribution in [0.4, 0.5) is 0 Å². The van der Waals surface area contributed by atoms with Gasteiger partial charge in [0.1, 0.15) is 16.6 Å². The molecule has 1 saturated heterocycles. The number of benzene rings is 1. The summed E-state index contributed by atoms with van der Waals surface area (Å²) in [5.41, 5.74) is 0.862. The zero-order valence-corrected chi connectivity index (χ0v) is 8.34. The van der Waals surface area contributed by atoms with E-state index >= 15 is 0 Å². The van der Waals surface area contributed by atoms with Crippen LogP contribution in [0.1, 0.15) is 5.56 Å². The lowest BCUT2D eigenvalue weighted by molar-refractivity contribution is -0.480. The van der Waals surface area contributed by atoms with E-state index < -0.39 is 6.29 Å². The smallest absolute Gasteiger partial charge is 0.146 e. The maximum atomic E-state index is 11.2. The largest absolute Gasteiger partial charge is 0.815 e. The van der Waals surface area contributed by atoms with Crippen molar-refractivity contribution in [2.45, 2.75) is 6.29 Å². The molecule has 14 heavy (non-hydrogen) atoms. The van der Waals surface area contributed by atoms with E-state index in [1.807, 2.05) is 24.3 Å². The fourth-order valence-corrected chi connectivity index (χ4v) is 1.79. The average Bonchev–Trinajstić information content (AvgIpc) is 2.65. The molecule has 74 valence electrons. The molecule has 1 aromatic carbocycles. The minimum absolute atomic E-state index is 0.646. The lowest BCUT2D eigenvalue weighted by Crippen LogP contribution is -2.30. The van der Waals surface area contributed by atoms with Crippen molar-refractivity contribution in [3.8, 4) is 5.75 Å². The van der Waals surface area contributed by atoms with Gasteiger partial charge in [0.25, 0.3) is 0 Å². The van der Waals surface area contributed by atoms with E-state index in [0.29, 0.717) is 5.25 Å². The standard InChI is InChI=1S/C9H9NO3S/c1-12-7-4-2-6(3-5-7)8-9(11)13-10-14-8/h2-5,9-10H,1H3. The Kier molecular flexibility index (Phi) is 2.83. The van der Waals surface area contributed by atoms with Gasteiger partial charge in [0.15, 0.2) is 0 Å². The monoisotopic (exact) mass is 211 g/mol. The molecule has 2 rings (SSSR count). The molecule has 1 N–H and O–H groups in total. The first-order chi connectivity index (χ1) is 6.81. The van der Waals surface area contributed by atoms with Crippen LogP contribution in [0.3, 0.4) is 0 Å². The van der Waals surface area contributed by atoms with Gasteiger partial charge < -0.3 is 9.84 Å². The van der Waals surface area contributed by atoms with Crippen LogP contribution in [0.5, 0.6) is 5.75 Å². The first-order valence-corrected chi connectivity index (χ1v) is 4.87. The summed E-state index contributed by atoms with van der Waals surface area (Å²) in [7, 11) is 1.60. The molecule has 4 nitrogen and oxygen atoms in total. The molecule has 1 aliphatic heterocycles. The van der Waals surface area contributed by atoms with Crippen LogP contribution in [0, 0.1) is 5.25 Å². The number of hydrogen-bond donors (Lipinski definition) is 1. The third-order valence-electron chi connectivity index (χ3n) is 1.90. The van der Waals surface area contributed by atoms with Crippen LogP contribution in [0.25, 0.3) is 0 Å². The predicted molar refractivity (Wildman–Crippen MR) is 50.9 cm³/mol. The van der Waals surface area contributed by atoms with Gasteiger partial charge in [-0.05, 0) is 0 Å². The molecule has 0 bridgehead atoms. The van der Waals surface area contributed by atoms with Crippen molar-refractivity contribution in [2.75, 3.05) is 7.11 Å². The van der Waals surface area contributed by atoms with Crippen molar-refractivity contribution in [3.05, 3.63) is 35.1 Å². The minimum Gasteiger partial charge on any atom is -0.815 e. The molecule has 1 unspecified atom stereocenters. The number of methoxy groups -OCH3 is 1. The summed E-state index contributed by atoms with van der Waals surface area (Å²) < 4.78 is 5.02. The predicted octanol–water partition coefficient (Wildman–Crippen LogP) is 0.445. The normalized spacial score (nSPS) is 21.3. The third kappa shape index (κ3) is 1.80. The van der Waals surface area contributed by atoms with Crippen molar-refractivity contribution in [1.82, 2.24) is 4.89 Å². The zero-order chi connectivity index (χ0) is 9.97. The number of rotatable bonds is 2. The zero-order valence-electron chi connectivity index (χ0n) is 7.52. The SMILES string of the molecule is COc1ccc([C+]2SNOC2[O-])cc1. The maximum absolute atomic E-state index is 11.2. The van der Waals surface area contributed by atoms with Gasteiger partial charge in [-0.3, -0.25) is 4.84 Å². The second kappa shape index (κ2) is 4.10. The molecule has 1 atom stereocenters. The van der Waals surface area contributed by atoms with Gasteiger partial charge in [0.05, 0.1) is 25.5 Å². The number of hydrogen-bond acceptors (Lipinski definition) is 5. The molecule has 0 radical (unpaired) electrons. The molecule has 0 amide bonds. The van der Waals surface area contributed by atoms with Crippen LogP contribution in [0.15, 0.2) is 24.3 Å². The van der Waals surface area contributed by atoms with E-state index in [1.54, 1.807) is 7.11 Å². The van der Waals surface area contributed by atoms with Gasteiger partial charge >= 0.3 is 0 Å². The summed E-state index contributed by atoms with van der Waals surface area (Å²) >= 11 is 1.21. The fourth-order valence-electron chi connectivity index (χ4n) is 1.16. The molecule has 5 heteroatoms. The summed E-state index contributed by atoms with van der Waals surface area (Å²) in [5, 5.41) is 11.9. The third-order valence-corrected chi connectivity index (χ3v) is 2.72. The van der Waals surface area contributed by atoms with Gasteiger partial charge in [-0.1, -0.05) is 0 Å². The first-order valence-electron chi connectivity index (χ1n) is 4.06. The highest BCUT2D eigenvalue weighted by Gasteiger charge is 2.30. The lowest BCUT2D eigenvalue weighted by Gasteiger charge is -2.13. The van der Waals surface area contributed by atoms with Crippen LogP contribution in [-0.4, -0.2) is 13.4 Å². The van der Waals surface area contributed by atoms with Crippen LogP contribution in [-0.2, 0) is 4.84 Å². The second-order valence-corrected chi connectivity index (χ2v) is 3.54. The van der Waals surface area contributed by atoms with Crippen molar-refractivity contribution >= 4 is 11.9 Å².